The van der Waals surface area contributed by atoms with Crippen LogP contribution in [0.3, 0.4) is 0 Å². The average Bonchev–Trinajstić information content (AvgIpc) is 2.69. The maximum absolute atomic E-state index is 4.68. The van der Waals surface area contributed by atoms with Crippen LogP contribution in [0.1, 0.15) is 18.3 Å². The fourth-order valence-electron chi connectivity index (χ4n) is 2.42. The summed E-state index contributed by atoms with van der Waals surface area (Å²) in [6.45, 7) is 8.14. The fraction of sp³-hybridized carbons (Fsp3) is 0.0870. The number of aromatic nitrogens is 3. The van der Waals surface area contributed by atoms with Crippen LogP contribution in [0.4, 0.5) is 0 Å². The molecule has 2 aromatic carbocycles. The van der Waals surface area contributed by atoms with Gasteiger partial charge in [0.1, 0.15) is 0 Å². The standard InChI is InChI=1S/C23H21N3/c1-4-5-7-10-18(3)21-24-22(19-11-8-6-9-12-19)26-23(25-21)20-15-13-17(2)14-16-20/h4-16H,3H2,1-2H3/b5-4-,10-7-. The van der Waals surface area contributed by atoms with Gasteiger partial charge < -0.3 is 0 Å². The first-order chi connectivity index (χ1) is 12.7. The van der Waals surface area contributed by atoms with E-state index in [2.05, 4.69) is 40.6 Å². The fourth-order valence-corrected chi connectivity index (χ4v) is 2.42. The number of aryl methyl sites for hydroxylation is 1. The Balaban J connectivity index is 2.10. The van der Waals surface area contributed by atoms with Gasteiger partial charge in [-0.3, -0.25) is 0 Å². The van der Waals surface area contributed by atoms with Crippen LogP contribution < -0.4 is 0 Å². The highest BCUT2D eigenvalue weighted by Gasteiger charge is 2.11. The second-order valence-corrected chi connectivity index (χ2v) is 5.95. The molecule has 0 aliphatic heterocycles. The average molecular weight is 339 g/mol. The minimum atomic E-state index is 0.579. The lowest BCUT2D eigenvalue weighted by atomic mass is 10.1. The molecule has 3 heteroatoms. The van der Waals surface area contributed by atoms with Gasteiger partial charge in [-0.1, -0.05) is 91.0 Å². The Morgan fingerprint density at radius 1 is 0.808 bits per heavy atom. The van der Waals surface area contributed by atoms with Gasteiger partial charge in [0.05, 0.1) is 0 Å². The molecule has 0 radical (unpaired) electrons. The first kappa shape index (κ1) is 17.5. The van der Waals surface area contributed by atoms with E-state index in [0.29, 0.717) is 17.5 Å². The molecule has 0 amide bonds. The largest absolute Gasteiger partial charge is 0.208 e. The summed E-state index contributed by atoms with van der Waals surface area (Å²) in [6.07, 6.45) is 7.75. The van der Waals surface area contributed by atoms with Crippen LogP contribution in [0.25, 0.3) is 28.3 Å². The molecule has 0 atom stereocenters. The Morgan fingerprint density at radius 2 is 1.42 bits per heavy atom. The van der Waals surface area contributed by atoms with E-state index in [9.17, 15) is 0 Å². The van der Waals surface area contributed by atoms with Crippen molar-refractivity contribution in [3.05, 3.63) is 96.9 Å². The molecule has 3 aromatic rings. The number of hydrogen-bond donors (Lipinski definition) is 0. The van der Waals surface area contributed by atoms with Gasteiger partial charge >= 0.3 is 0 Å². The van der Waals surface area contributed by atoms with Crippen molar-refractivity contribution in [1.29, 1.82) is 0 Å². The summed E-state index contributed by atoms with van der Waals surface area (Å²) in [5.41, 5.74) is 3.86. The Hall–Kier alpha value is -3.33. The monoisotopic (exact) mass is 339 g/mol. The SMILES string of the molecule is C=C(/C=C\C=C/C)c1nc(-c2ccccc2)nc(-c2ccc(C)cc2)n1. The number of allylic oxidation sites excluding steroid dienone is 5. The molecule has 0 aliphatic carbocycles. The zero-order chi connectivity index (χ0) is 18.4. The Bertz CT molecular complexity index is 953. The van der Waals surface area contributed by atoms with Crippen molar-refractivity contribution < 1.29 is 0 Å². The molecule has 128 valence electrons. The molecule has 3 rings (SSSR count). The van der Waals surface area contributed by atoms with Crippen LogP contribution in [0, 0.1) is 6.92 Å². The van der Waals surface area contributed by atoms with Gasteiger partial charge in [-0.25, -0.2) is 15.0 Å². The number of rotatable bonds is 5. The van der Waals surface area contributed by atoms with Crippen molar-refractivity contribution in [2.45, 2.75) is 13.8 Å². The maximum atomic E-state index is 4.68. The summed E-state index contributed by atoms with van der Waals surface area (Å²) >= 11 is 0. The summed E-state index contributed by atoms with van der Waals surface area (Å²) in [4.78, 5) is 13.9. The zero-order valence-corrected chi connectivity index (χ0v) is 15.1. The molecule has 0 saturated carbocycles. The summed E-state index contributed by atoms with van der Waals surface area (Å²) in [5.74, 6) is 1.87. The highest BCUT2D eigenvalue weighted by Crippen LogP contribution is 2.22. The first-order valence-corrected chi connectivity index (χ1v) is 8.54. The molecule has 26 heavy (non-hydrogen) atoms. The van der Waals surface area contributed by atoms with Gasteiger partial charge in [0, 0.05) is 16.7 Å². The second kappa shape index (κ2) is 8.17. The first-order valence-electron chi connectivity index (χ1n) is 8.54. The van der Waals surface area contributed by atoms with Crippen LogP contribution in [0.2, 0.25) is 0 Å². The lowest BCUT2D eigenvalue weighted by Crippen LogP contribution is -2.01. The van der Waals surface area contributed by atoms with Crippen molar-refractivity contribution in [1.82, 2.24) is 15.0 Å². The van der Waals surface area contributed by atoms with Gasteiger partial charge in [-0.15, -0.1) is 0 Å². The van der Waals surface area contributed by atoms with E-state index in [-0.39, 0.29) is 0 Å². The van der Waals surface area contributed by atoms with Gasteiger partial charge in [-0.2, -0.15) is 0 Å². The van der Waals surface area contributed by atoms with E-state index >= 15 is 0 Å². The molecule has 0 saturated heterocycles. The van der Waals surface area contributed by atoms with Crippen LogP contribution in [0.15, 0.2) is 85.5 Å². The summed E-state index contributed by atoms with van der Waals surface area (Å²) in [7, 11) is 0. The van der Waals surface area contributed by atoms with E-state index in [1.165, 1.54) is 5.56 Å². The van der Waals surface area contributed by atoms with Gasteiger partial charge in [-0.05, 0) is 13.8 Å². The van der Waals surface area contributed by atoms with E-state index in [4.69, 9.17) is 0 Å². The highest BCUT2D eigenvalue weighted by atomic mass is 15.0. The van der Waals surface area contributed by atoms with Crippen LogP contribution >= 0.6 is 0 Å². The van der Waals surface area contributed by atoms with Crippen LogP contribution in [-0.4, -0.2) is 15.0 Å². The summed E-state index contributed by atoms with van der Waals surface area (Å²) < 4.78 is 0. The molecular formula is C23H21N3. The van der Waals surface area contributed by atoms with E-state index in [1.807, 2.05) is 73.7 Å². The van der Waals surface area contributed by atoms with E-state index < -0.39 is 0 Å². The third-order valence-corrected chi connectivity index (χ3v) is 3.87. The maximum Gasteiger partial charge on any atom is 0.164 e. The number of nitrogens with zero attached hydrogens (tertiary/aromatic N) is 3. The molecular weight excluding hydrogens is 318 g/mol. The molecule has 1 aromatic heterocycles. The molecule has 0 N–H and O–H groups in total. The predicted molar refractivity (Wildman–Crippen MR) is 108 cm³/mol. The quantitative estimate of drug-likeness (QED) is 0.563. The Kier molecular flexibility index (Phi) is 5.49. The zero-order valence-electron chi connectivity index (χ0n) is 15.1. The molecule has 0 fully saturated rings. The van der Waals surface area contributed by atoms with E-state index in [1.54, 1.807) is 0 Å². The lowest BCUT2D eigenvalue weighted by molar-refractivity contribution is 1.04. The van der Waals surface area contributed by atoms with Crippen molar-refractivity contribution >= 4 is 5.57 Å². The van der Waals surface area contributed by atoms with Gasteiger partial charge in [0.25, 0.3) is 0 Å². The normalized spacial score (nSPS) is 11.3. The summed E-state index contributed by atoms with van der Waals surface area (Å²) in [6, 6.07) is 18.1. The van der Waals surface area contributed by atoms with E-state index in [0.717, 1.165) is 16.7 Å². The minimum Gasteiger partial charge on any atom is -0.208 e. The Labute approximate surface area is 154 Å². The highest BCUT2D eigenvalue weighted by molar-refractivity contribution is 5.71. The molecule has 0 unspecified atom stereocenters. The molecule has 0 spiro atoms. The van der Waals surface area contributed by atoms with Crippen molar-refractivity contribution in [2.24, 2.45) is 0 Å². The molecule has 0 aliphatic rings. The number of benzene rings is 2. The van der Waals surface area contributed by atoms with Crippen molar-refractivity contribution in [3.63, 3.8) is 0 Å². The van der Waals surface area contributed by atoms with Gasteiger partial charge in [0.15, 0.2) is 17.5 Å². The minimum absolute atomic E-state index is 0.579. The smallest absolute Gasteiger partial charge is 0.164 e. The third-order valence-electron chi connectivity index (χ3n) is 3.87. The topological polar surface area (TPSA) is 38.7 Å². The van der Waals surface area contributed by atoms with Crippen molar-refractivity contribution in [2.75, 3.05) is 0 Å². The second-order valence-electron chi connectivity index (χ2n) is 5.95. The summed E-state index contributed by atoms with van der Waals surface area (Å²) in [5, 5.41) is 0. The molecule has 0 bridgehead atoms. The van der Waals surface area contributed by atoms with Crippen molar-refractivity contribution in [3.8, 4) is 22.8 Å². The van der Waals surface area contributed by atoms with Gasteiger partial charge in [0.2, 0.25) is 0 Å². The Morgan fingerprint density at radius 3 is 2.04 bits per heavy atom. The predicted octanol–water partition coefficient (Wildman–Crippen LogP) is 5.66. The molecule has 3 nitrogen and oxygen atoms in total. The number of hydrogen-bond acceptors (Lipinski definition) is 3. The molecule has 1 heterocycles. The van der Waals surface area contributed by atoms with Crippen LogP contribution in [-0.2, 0) is 0 Å². The van der Waals surface area contributed by atoms with Crippen LogP contribution in [0.5, 0.6) is 0 Å². The third kappa shape index (κ3) is 4.19. The lowest BCUT2D eigenvalue weighted by Gasteiger charge is -2.08.